The van der Waals surface area contributed by atoms with Gasteiger partial charge in [0.2, 0.25) is 5.91 Å². The quantitative estimate of drug-likeness (QED) is 0.562. The highest BCUT2D eigenvalue weighted by Crippen LogP contribution is 2.36. The second-order valence-corrected chi connectivity index (χ2v) is 9.78. The first-order valence-corrected chi connectivity index (χ1v) is 12.2. The number of pyridine rings is 1. The van der Waals surface area contributed by atoms with E-state index in [1.807, 2.05) is 19.1 Å². The molecule has 1 aliphatic heterocycles. The Hall–Kier alpha value is -2.98. The number of nitrogens with one attached hydrogen (secondary N) is 2. The highest BCUT2D eigenvalue weighted by molar-refractivity contribution is 5.96. The van der Waals surface area contributed by atoms with Gasteiger partial charge in [0.05, 0.1) is 17.8 Å². The van der Waals surface area contributed by atoms with E-state index in [2.05, 4.69) is 15.6 Å². The molecule has 1 aromatic heterocycles. The number of rotatable bonds is 6. The summed E-state index contributed by atoms with van der Waals surface area (Å²) in [4.78, 5) is 30.9. The number of likely N-dealkylation sites (tertiary alicyclic amines) is 1. The van der Waals surface area contributed by atoms with E-state index < -0.39 is 23.2 Å². The monoisotopic (exact) mass is 504 g/mol. The molecule has 3 N–H and O–H groups in total. The van der Waals surface area contributed by atoms with Crippen molar-refractivity contribution in [3.05, 3.63) is 65.0 Å². The fourth-order valence-electron chi connectivity index (χ4n) is 4.92. The molecule has 2 amide bonds. The van der Waals surface area contributed by atoms with Crippen molar-refractivity contribution in [1.82, 2.24) is 20.5 Å². The van der Waals surface area contributed by atoms with Gasteiger partial charge in [-0.25, -0.2) is 0 Å². The van der Waals surface area contributed by atoms with Crippen LogP contribution in [-0.2, 0) is 16.6 Å². The van der Waals surface area contributed by atoms with Gasteiger partial charge in [-0.3, -0.25) is 14.6 Å². The molecule has 194 valence electrons. The molecule has 7 nitrogen and oxygen atoms in total. The zero-order chi connectivity index (χ0) is 25.9. The average Bonchev–Trinajstić information content (AvgIpc) is 3.32. The van der Waals surface area contributed by atoms with Crippen molar-refractivity contribution < 1.29 is 27.9 Å². The van der Waals surface area contributed by atoms with Crippen molar-refractivity contribution in [1.29, 1.82) is 0 Å². The lowest BCUT2D eigenvalue weighted by atomic mass is 9.79. The molecule has 2 fully saturated rings. The summed E-state index contributed by atoms with van der Waals surface area (Å²) in [5.41, 5.74) is -0.214. The molecule has 1 aromatic carbocycles. The van der Waals surface area contributed by atoms with Crippen molar-refractivity contribution in [3.8, 4) is 0 Å². The number of nitrogens with zero attached hydrogens (tertiary/aromatic N) is 2. The molecule has 1 saturated heterocycles. The number of aliphatic hydroxyl groups is 1. The van der Waals surface area contributed by atoms with Crippen LogP contribution >= 0.6 is 0 Å². The van der Waals surface area contributed by atoms with E-state index in [1.54, 1.807) is 11.1 Å². The van der Waals surface area contributed by atoms with Gasteiger partial charge in [0, 0.05) is 36.9 Å². The van der Waals surface area contributed by atoms with Crippen LogP contribution in [0.4, 0.5) is 13.2 Å². The molecule has 2 aliphatic rings. The first-order valence-electron chi connectivity index (χ1n) is 12.2. The van der Waals surface area contributed by atoms with Gasteiger partial charge in [-0.1, -0.05) is 12.1 Å². The second-order valence-electron chi connectivity index (χ2n) is 9.78. The molecule has 1 saturated carbocycles. The Morgan fingerprint density at radius 3 is 2.56 bits per heavy atom. The summed E-state index contributed by atoms with van der Waals surface area (Å²) in [6, 6.07) is 8.30. The minimum absolute atomic E-state index is 0.113. The molecular weight excluding hydrogens is 473 g/mol. The van der Waals surface area contributed by atoms with Crippen LogP contribution in [-0.4, -0.2) is 58.5 Å². The summed E-state index contributed by atoms with van der Waals surface area (Å²) in [5, 5.41) is 17.1. The van der Waals surface area contributed by atoms with Crippen LogP contribution in [0.2, 0.25) is 0 Å². The Morgan fingerprint density at radius 2 is 1.89 bits per heavy atom. The molecular formula is C26H31F3N4O3. The SMILES string of the molecule is Cc1ccc(C2(O)CCC(NC3CCN(C(=O)CNC(=O)c4cccc(C(F)(F)F)c4)C3)CC2)nc1. The number of amides is 2. The number of halogens is 3. The molecule has 0 radical (unpaired) electrons. The number of carbonyl (C=O) groups excluding carboxylic acids is 2. The Kier molecular flexibility index (Phi) is 7.65. The van der Waals surface area contributed by atoms with Crippen LogP contribution in [0.15, 0.2) is 42.6 Å². The van der Waals surface area contributed by atoms with E-state index in [-0.39, 0.29) is 30.1 Å². The van der Waals surface area contributed by atoms with Crippen LogP contribution < -0.4 is 10.6 Å². The van der Waals surface area contributed by atoms with Crippen LogP contribution in [0, 0.1) is 6.92 Å². The predicted octanol–water partition coefficient (Wildman–Crippen LogP) is 3.16. The number of benzene rings is 1. The summed E-state index contributed by atoms with van der Waals surface area (Å²) in [5.74, 6) is -0.996. The van der Waals surface area contributed by atoms with E-state index in [0.717, 1.165) is 37.0 Å². The summed E-state index contributed by atoms with van der Waals surface area (Å²) in [7, 11) is 0. The smallest absolute Gasteiger partial charge is 0.384 e. The van der Waals surface area contributed by atoms with Gasteiger partial charge in [-0.05, 0) is 68.9 Å². The molecule has 0 spiro atoms. The first-order chi connectivity index (χ1) is 17.0. The minimum Gasteiger partial charge on any atom is -0.384 e. The van der Waals surface area contributed by atoms with Crippen molar-refractivity contribution in [3.63, 3.8) is 0 Å². The molecule has 1 atom stereocenters. The van der Waals surface area contributed by atoms with Gasteiger partial charge in [0.25, 0.3) is 5.91 Å². The molecule has 1 unspecified atom stereocenters. The van der Waals surface area contributed by atoms with Gasteiger partial charge in [-0.2, -0.15) is 13.2 Å². The summed E-state index contributed by atoms with van der Waals surface area (Å²) in [6.45, 7) is 2.72. The number of carbonyl (C=O) groups is 2. The average molecular weight is 505 g/mol. The third-order valence-corrected chi connectivity index (χ3v) is 7.07. The summed E-state index contributed by atoms with van der Waals surface area (Å²) in [6.07, 6.45) is 0.804. The van der Waals surface area contributed by atoms with E-state index in [4.69, 9.17) is 0 Å². The Balaban J connectivity index is 1.21. The molecule has 4 rings (SSSR count). The lowest BCUT2D eigenvalue weighted by molar-refractivity contribution is -0.137. The van der Waals surface area contributed by atoms with Crippen LogP contribution in [0.1, 0.15) is 59.3 Å². The fraction of sp³-hybridized carbons (Fsp3) is 0.500. The number of alkyl halides is 3. The minimum atomic E-state index is -4.54. The fourth-order valence-corrected chi connectivity index (χ4v) is 4.92. The van der Waals surface area contributed by atoms with E-state index in [9.17, 15) is 27.9 Å². The maximum Gasteiger partial charge on any atom is 0.416 e. The highest BCUT2D eigenvalue weighted by atomic mass is 19.4. The highest BCUT2D eigenvalue weighted by Gasteiger charge is 2.37. The van der Waals surface area contributed by atoms with Gasteiger partial charge in [-0.15, -0.1) is 0 Å². The number of hydrogen-bond acceptors (Lipinski definition) is 5. The molecule has 2 heterocycles. The molecule has 0 bridgehead atoms. The van der Waals surface area contributed by atoms with Crippen molar-refractivity contribution in [2.45, 2.75) is 62.9 Å². The van der Waals surface area contributed by atoms with Crippen LogP contribution in [0.5, 0.6) is 0 Å². The number of aromatic nitrogens is 1. The van der Waals surface area contributed by atoms with Crippen molar-refractivity contribution in [2.75, 3.05) is 19.6 Å². The third-order valence-electron chi connectivity index (χ3n) is 7.07. The molecule has 1 aliphatic carbocycles. The molecule has 2 aromatic rings. The van der Waals surface area contributed by atoms with Crippen LogP contribution in [0.3, 0.4) is 0 Å². The van der Waals surface area contributed by atoms with Gasteiger partial charge < -0.3 is 20.6 Å². The van der Waals surface area contributed by atoms with Crippen LogP contribution in [0.25, 0.3) is 0 Å². The molecule has 10 heteroatoms. The van der Waals surface area contributed by atoms with Crippen molar-refractivity contribution >= 4 is 11.8 Å². The zero-order valence-electron chi connectivity index (χ0n) is 20.1. The first kappa shape index (κ1) is 26.1. The Morgan fingerprint density at radius 1 is 1.14 bits per heavy atom. The van der Waals surface area contributed by atoms with Gasteiger partial charge in [0.1, 0.15) is 5.60 Å². The van der Waals surface area contributed by atoms with E-state index in [0.29, 0.717) is 31.6 Å². The third kappa shape index (κ3) is 6.22. The largest absolute Gasteiger partial charge is 0.416 e. The maximum absolute atomic E-state index is 12.9. The normalized spacial score (nSPS) is 24.5. The van der Waals surface area contributed by atoms with E-state index >= 15 is 0 Å². The zero-order valence-corrected chi connectivity index (χ0v) is 20.1. The Labute approximate surface area is 208 Å². The van der Waals surface area contributed by atoms with E-state index in [1.165, 1.54) is 12.1 Å². The predicted molar refractivity (Wildman–Crippen MR) is 127 cm³/mol. The number of hydrogen-bond donors (Lipinski definition) is 3. The number of aryl methyl sites for hydroxylation is 1. The van der Waals surface area contributed by atoms with Gasteiger partial charge in [0.15, 0.2) is 0 Å². The standard InChI is InChI=1S/C26H31F3N4O3/c1-17-5-6-22(30-14-17)25(36)10-7-20(8-11-25)32-21-9-12-33(16-21)23(34)15-31-24(35)18-3-2-4-19(13-18)26(27,28)29/h2-6,13-14,20-21,32,36H,7-12,15-16H2,1H3,(H,31,35). The summed E-state index contributed by atoms with van der Waals surface area (Å²) < 4.78 is 38.6. The van der Waals surface area contributed by atoms with Crippen molar-refractivity contribution in [2.24, 2.45) is 0 Å². The maximum atomic E-state index is 12.9. The lowest BCUT2D eigenvalue weighted by Gasteiger charge is -2.37. The molecule has 36 heavy (non-hydrogen) atoms. The lowest BCUT2D eigenvalue weighted by Crippen LogP contribution is -2.46. The summed E-state index contributed by atoms with van der Waals surface area (Å²) >= 11 is 0. The van der Waals surface area contributed by atoms with Gasteiger partial charge >= 0.3 is 6.18 Å². The second kappa shape index (κ2) is 10.6. The Bertz CT molecular complexity index is 1080. The topological polar surface area (TPSA) is 94.6 Å².